The largest absolute Gasteiger partial charge is 0.496 e. The van der Waals surface area contributed by atoms with Gasteiger partial charge >= 0.3 is 0 Å². The summed E-state index contributed by atoms with van der Waals surface area (Å²) in [4.78, 5) is 15.2. The molecule has 6 nitrogen and oxygen atoms in total. The van der Waals surface area contributed by atoms with Crippen molar-refractivity contribution in [3.8, 4) is 17.3 Å². The quantitative estimate of drug-likeness (QED) is 0.506. The van der Waals surface area contributed by atoms with Crippen LogP contribution in [-0.4, -0.2) is 33.8 Å². The lowest BCUT2D eigenvalue weighted by atomic mass is 10.1. The highest BCUT2D eigenvalue weighted by molar-refractivity contribution is 9.10. The number of nitrogens with zero attached hydrogens (tertiary/aromatic N) is 2. The highest BCUT2D eigenvalue weighted by Gasteiger charge is 2.13. The average Bonchev–Trinajstić information content (AvgIpc) is 3.23. The second-order valence-corrected chi connectivity index (χ2v) is 6.30. The number of thioether (sulfide) groups is 1. The zero-order valence-corrected chi connectivity index (χ0v) is 14.5. The molecule has 0 unspecified atom stereocenters. The number of halogens is 1. The van der Waals surface area contributed by atoms with Crippen molar-refractivity contribution in [3.05, 3.63) is 46.6 Å². The summed E-state index contributed by atoms with van der Waals surface area (Å²) in [6, 6.07) is 8.89. The van der Waals surface area contributed by atoms with Gasteiger partial charge in [-0.25, -0.2) is 0 Å². The molecular weight excluding hydrogens is 382 g/mol. The second kappa shape index (κ2) is 7.01. The predicted molar refractivity (Wildman–Crippen MR) is 89.8 cm³/mol. The van der Waals surface area contributed by atoms with Crippen LogP contribution in [0.15, 0.2) is 50.6 Å². The van der Waals surface area contributed by atoms with Gasteiger partial charge in [-0.05, 0) is 46.3 Å². The maximum absolute atomic E-state index is 12.2. The number of nitrogens with one attached hydrogen (secondary N) is 1. The van der Waals surface area contributed by atoms with E-state index in [1.165, 1.54) is 11.8 Å². The van der Waals surface area contributed by atoms with Crippen molar-refractivity contribution in [2.75, 3.05) is 12.9 Å². The molecule has 0 aliphatic heterocycles. The van der Waals surface area contributed by atoms with Gasteiger partial charge in [0.25, 0.3) is 11.1 Å². The lowest BCUT2D eigenvalue weighted by molar-refractivity contribution is 0.102. The molecule has 0 spiro atoms. The minimum atomic E-state index is -0.0297. The number of H-pyrrole nitrogens is 1. The van der Waals surface area contributed by atoms with E-state index in [4.69, 9.17) is 9.15 Å². The number of rotatable bonds is 6. The molecule has 2 aromatic heterocycles. The third kappa shape index (κ3) is 3.65. The Morgan fingerprint density at radius 1 is 1.39 bits per heavy atom. The molecule has 0 saturated carbocycles. The van der Waals surface area contributed by atoms with Crippen LogP contribution in [0.1, 0.15) is 10.4 Å². The van der Waals surface area contributed by atoms with Crippen LogP contribution in [0.25, 0.3) is 11.6 Å². The van der Waals surface area contributed by atoms with Gasteiger partial charge in [0.2, 0.25) is 0 Å². The molecule has 3 aromatic rings. The summed E-state index contributed by atoms with van der Waals surface area (Å²) in [5.74, 6) is 1.27. The molecule has 0 fully saturated rings. The molecule has 1 N–H and O–H groups in total. The smallest absolute Gasteiger partial charge is 0.277 e. The molecule has 2 heterocycles. The summed E-state index contributed by atoms with van der Waals surface area (Å²) in [5, 5.41) is 8.23. The highest BCUT2D eigenvalue weighted by Crippen LogP contribution is 2.27. The Hall–Kier alpha value is -2.06. The number of aromatic nitrogens is 3. The van der Waals surface area contributed by atoms with Crippen LogP contribution in [0, 0.1) is 0 Å². The van der Waals surface area contributed by atoms with E-state index >= 15 is 0 Å². The monoisotopic (exact) mass is 393 g/mol. The van der Waals surface area contributed by atoms with E-state index in [-0.39, 0.29) is 11.5 Å². The molecule has 118 valence electrons. The number of methoxy groups -OCH3 is 1. The number of ether oxygens (including phenoxy) is 1. The topological polar surface area (TPSA) is 81.0 Å². The van der Waals surface area contributed by atoms with Crippen molar-refractivity contribution in [1.82, 2.24) is 15.2 Å². The summed E-state index contributed by atoms with van der Waals surface area (Å²) in [6.07, 6.45) is 1.78. The first kappa shape index (κ1) is 15.8. The molecule has 0 radical (unpaired) electrons. The van der Waals surface area contributed by atoms with Gasteiger partial charge in [0, 0.05) is 11.8 Å². The van der Waals surface area contributed by atoms with Gasteiger partial charge in [-0.1, -0.05) is 11.8 Å². The van der Waals surface area contributed by atoms with Crippen LogP contribution in [0.4, 0.5) is 0 Å². The fraction of sp³-hybridized carbons (Fsp3) is 0.133. The molecule has 0 aliphatic carbocycles. The van der Waals surface area contributed by atoms with E-state index < -0.39 is 0 Å². The molecule has 0 amide bonds. The summed E-state index contributed by atoms with van der Waals surface area (Å²) in [6.45, 7) is 0. The number of benzene rings is 1. The fourth-order valence-electron chi connectivity index (χ4n) is 1.89. The van der Waals surface area contributed by atoms with E-state index in [9.17, 15) is 4.79 Å². The molecule has 0 atom stereocenters. The van der Waals surface area contributed by atoms with Gasteiger partial charge in [0.05, 0.1) is 17.3 Å². The van der Waals surface area contributed by atoms with Crippen molar-refractivity contribution < 1.29 is 13.9 Å². The number of hydrogen-bond donors (Lipinski definition) is 1. The maximum Gasteiger partial charge on any atom is 0.277 e. The Balaban J connectivity index is 1.64. The number of hydrogen-bond acceptors (Lipinski definition) is 6. The Bertz CT molecular complexity index is 817. The van der Waals surface area contributed by atoms with Crippen LogP contribution in [0.2, 0.25) is 0 Å². The Kier molecular flexibility index (Phi) is 4.82. The average molecular weight is 394 g/mol. The number of carbonyl (C=O) groups excluding carboxylic acids is 1. The van der Waals surface area contributed by atoms with Gasteiger partial charge in [0.1, 0.15) is 11.4 Å². The number of ketones is 1. The zero-order chi connectivity index (χ0) is 16.2. The van der Waals surface area contributed by atoms with Crippen LogP contribution in [0.5, 0.6) is 5.75 Å². The summed E-state index contributed by atoms with van der Waals surface area (Å²) >= 11 is 4.58. The van der Waals surface area contributed by atoms with Crippen molar-refractivity contribution in [3.63, 3.8) is 0 Å². The third-order valence-corrected chi connectivity index (χ3v) is 4.47. The van der Waals surface area contributed by atoms with E-state index in [2.05, 4.69) is 31.1 Å². The number of Topliss-reactive ketones (excluding diaryl/α,β-unsaturated/α-hetero) is 1. The summed E-state index contributed by atoms with van der Waals surface area (Å²) < 4.78 is 11.4. The highest BCUT2D eigenvalue weighted by atomic mass is 79.9. The van der Waals surface area contributed by atoms with Crippen molar-refractivity contribution in [2.45, 2.75) is 5.22 Å². The predicted octanol–water partition coefficient (Wildman–Crippen LogP) is 3.81. The van der Waals surface area contributed by atoms with E-state index in [0.29, 0.717) is 22.4 Å². The Labute approximate surface area is 144 Å². The molecule has 3 rings (SSSR count). The van der Waals surface area contributed by atoms with E-state index in [1.807, 2.05) is 12.1 Å². The maximum atomic E-state index is 12.2. The van der Waals surface area contributed by atoms with Gasteiger partial charge in [-0.3, -0.25) is 4.79 Å². The molecule has 23 heavy (non-hydrogen) atoms. The molecule has 0 bridgehead atoms. The van der Waals surface area contributed by atoms with Crippen LogP contribution in [-0.2, 0) is 0 Å². The fourth-order valence-corrected chi connectivity index (χ4v) is 3.09. The SMILES string of the molecule is COc1ccc(C(=O)CSc2nnc(-c3ccc[nH]3)o2)cc1Br. The van der Waals surface area contributed by atoms with Gasteiger partial charge in [-0.2, -0.15) is 0 Å². The van der Waals surface area contributed by atoms with Gasteiger partial charge in [-0.15, -0.1) is 10.2 Å². The standard InChI is InChI=1S/C15H12BrN3O3S/c1-21-13-5-4-9(7-10(13)16)12(20)8-23-15-19-18-14(22-15)11-3-2-6-17-11/h2-7,17H,8H2,1H3. The molecule has 0 saturated heterocycles. The summed E-state index contributed by atoms with van der Waals surface area (Å²) in [5.41, 5.74) is 1.34. The first-order chi connectivity index (χ1) is 11.2. The van der Waals surface area contributed by atoms with Crippen LogP contribution < -0.4 is 4.74 Å². The van der Waals surface area contributed by atoms with Crippen molar-refractivity contribution >= 4 is 33.5 Å². The molecule has 0 aliphatic rings. The lowest BCUT2D eigenvalue weighted by Crippen LogP contribution is -2.02. The molecular formula is C15H12BrN3O3S. The zero-order valence-electron chi connectivity index (χ0n) is 12.1. The van der Waals surface area contributed by atoms with Crippen LogP contribution in [0.3, 0.4) is 0 Å². The summed E-state index contributed by atoms with van der Waals surface area (Å²) in [7, 11) is 1.58. The van der Waals surface area contributed by atoms with Crippen LogP contribution >= 0.6 is 27.7 Å². The molecule has 1 aromatic carbocycles. The Morgan fingerprint density at radius 2 is 2.26 bits per heavy atom. The van der Waals surface area contributed by atoms with Gasteiger partial charge < -0.3 is 14.1 Å². The number of aromatic amines is 1. The van der Waals surface area contributed by atoms with Gasteiger partial charge in [0.15, 0.2) is 5.78 Å². The number of carbonyl (C=O) groups is 1. The first-order valence-electron chi connectivity index (χ1n) is 6.64. The Morgan fingerprint density at radius 3 is 2.96 bits per heavy atom. The molecule has 8 heteroatoms. The second-order valence-electron chi connectivity index (χ2n) is 4.52. The minimum Gasteiger partial charge on any atom is -0.496 e. The third-order valence-electron chi connectivity index (χ3n) is 3.04. The van der Waals surface area contributed by atoms with E-state index in [0.717, 1.165) is 10.2 Å². The van der Waals surface area contributed by atoms with E-state index in [1.54, 1.807) is 31.5 Å². The van der Waals surface area contributed by atoms with Crippen molar-refractivity contribution in [1.29, 1.82) is 0 Å². The lowest BCUT2D eigenvalue weighted by Gasteiger charge is -2.05. The first-order valence-corrected chi connectivity index (χ1v) is 8.42. The van der Waals surface area contributed by atoms with Crippen molar-refractivity contribution in [2.24, 2.45) is 0 Å². The normalized spacial score (nSPS) is 10.7. The minimum absolute atomic E-state index is 0.0297.